The molecule has 0 radical (unpaired) electrons. The number of carbonyl (C=O) groups excluding carboxylic acids is 1. The van der Waals surface area contributed by atoms with E-state index < -0.39 is 11.6 Å². The van der Waals surface area contributed by atoms with Gasteiger partial charge in [0.05, 0.1) is 5.56 Å². The van der Waals surface area contributed by atoms with Crippen LogP contribution in [0.15, 0.2) is 36.4 Å². The van der Waals surface area contributed by atoms with Crippen molar-refractivity contribution in [2.24, 2.45) is 0 Å². The second-order valence-electron chi connectivity index (χ2n) is 5.76. The largest absolute Gasteiger partial charge is 0.294 e. The fourth-order valence-electron chi connectivity index (χ4n) is 2.60. The number of carbonyl (C=O) groups is 1. The van der Waals surface area contributed by atoms with Crippen LogP contribution in [0.2, 0.25) is 0 Å². The number of halogens is 2. The third-order valence-electron chi connectivity index (χ3n) is 3.94. The summed E-state index contributed by atoms with van der Waals surface area (Å²) in [5.41, 5.74) is 1.83. The highest BCUT2D eigenvalue weighted by Crippen LogP contribution is 2.27. The molecule has 0 bridgehead atoms. The zero-order valence-corrected chi connectivity index (χ0v) is 13.7. The highest BCUT2D eigenvalue weighted by atomic mass is 19.2. The van der Waals surface area contributed by atoms with E-state index >= 15 is 0 Å². The number of Topliss-reactive ketones (excluding diaryl/α,β-unsaturated/α-hetero) is 1. The van der Waals surface area contributed by atoms with Gasteiger partial charge in [-0.05, 0) is 30.0 Å². The van der Waals surface area contributed by atoms with E-state index in [4.69, 9.17) is 0 Å². The molecule has 3 heteroatoms. The molecule has 1 nitrogen and oxygen atoms in total. The number of benzene rings is 2. The molecule has 0 N–H and O–H groups in total. The van der Waals surface area contributed by atoms with Gasteiger partial charge in [-0.2, -0.15) is 0 Å². The first-order valence-electron chi connectivity index (χ1n) is 8.19. The molecule has 2 rings (SSSR count). The van der Waals surface area contributed by atoms with E-state index in [1.807, 2.05) is 19.1 Å². The maximum atomic E-state index is 14.4. The molecule has 0 unspecified atom stereocenters. The molecule has 0 aliphatic rings. The normalized spacial score (nSPS) is 10.8. The van der Waals surface area contributed by atoms with Crippen LogP contribution in [0, 0.1) is 11.6 Å². The number of ketones is 1. The van der Waals surface area contributed by atoms with Crippen molar-refractivity contribution < 1.29 is 13.6 Å². The van der Waals surface area contributed by atoms with Crippen molar-refractivity contribution in [3.05, 3.63) is 59.2 Å². The standard InChI is InChI=1S/C20H22F2O/c1-3-5-7-18(23)17-13-12-16(19(21)20(17)22)15-10-8-14(6-4-2)9-11-15/h8-13H,3-7H2,1-2H3. The summed E-state index contributed by atoms with van der Waals surface area (Å²) in [4.78, 5) is 11.9. The van der Waals surface area contributed by atoms with E-state index in [1.54, 1.807) is 12.1 Å². The smallest absolute Gasteiger partial charge is 0.170 e. The first-order valence-corrected chi connectivity index (χ1v) is 8.19. The topological polar surface area (TPSA) is 17.1 Å². The summed E-state index contributed by atoms with van der Waals surface area (Å²) in [7, 11) is 0. The lowest BCUT2D eigenvalue weighted by molar-refractivity contribution is 0.0975. The highest BCUT2D eigenvalue weighted by molar-refractivity contribution is 5.96. The third-order valence-corrected chi connectivity index (χ3v) is 3.94. The molecule has 23 heavy (non-hydrogen) atoms. The fraction of sp³-hybridized carbons (Fsp3) is 0.350. The number of rotatable bonds is 7. The van der Waals surface area contributed by atoms with Crippen molar-refractivity contribution in [3.8, 4) is 11.1 Å². The van der Waals surface area contributed by atoms with Crippen LogP contribution in [-0.4, -0.2) is 5.78 Å². The zero-order valence-electron chi connectivity index (χ0n) is 13.7. The van der Waals surface area contributed by atoms with Gasteiger partial charge in [0.15, 0.2) is 17.4 Å². The van der Waals surface area contributed by atoms with Gasteiger partial charge in [-0.25, -0.2) is 8.78 Å². The summed E-state index contributed by atoms with van der Waals surface area (Å²) in [5, 5.41) is 0. The SMILES string of the molecule is CCCCC(=O)c1ccc(-c2ccc(CCC)cc2)c(F)c1F. The minimum atomic E-state index is -1.04. The summed E-state index contributed by atoms with van der Waals surface area (Å²) in [5.74, 6) is -2.33. The molecule has 0 fully saturated rings. The van der Waals surface area contributed by atoms with Gasteiger partial charge in [-0.15, -0.1) is 0 Å². The van der Waals surface area contributed by atoms with Crippen LogP contribution in [0.5, 0.6) is 0 Å². The lowest BCUT2D eigenvalue weighted by atomic mass is 9.98. The molecule has 0 aliphatic carbocycles. The summed E-state index contributed by atoms with van der Waals surface area (Å²) in [6.45, 7) is 4.05. The monoisotopic (exact) mass is 316 g/mol. The lowest BCUT2D eigenvalue weighted by Gasteiger charge is -2.09. The Kier molecular flexibility index (Phi) is 6.03. The Hall–Kier alpha value is -2.03. The van der Waals surface area contributed by atoms with Gasteiger partial charge in [-0.3, -0.25) is 4.79 Å². The minimum Gasteiger partial charge on any atom is -0.294 e. The third kappa shape index (κ3) is 4.04. The van der Waals surface area contributed by atoms with Crippen LogP contribution >= 0.6 is 0 Å². The maximum Gasteiger partial charge on any atom is 0.170 e. The van der Waals surface area contributed by atoms with Crippen LogP contribution in [0.4, 0.5) is 8.78 Å². The van der Waals surface area contributed by atoms with E-state index in [9.17, 15) is 13.6 Å². The van der Waals surface area contributed by atoms with E-state index in [0.717, 1.165) is 19.3 Å². The average molecular weight is 316 g/mol. The second kappa shape index (κ2) is 8.00. The Morgan fingerprint density at radius 2 is 1.61 bits per heavy atom. The molecule has 0 aliphatic heterocycles. The van der Waals surface area contributed by atoms with Crippen LogP contribution in [0.3, 0.4) is 0 Å². The summed E-state index contributed by atoms with van der Waals surface area (Å²) in [6, 6.07) is 10.3. The molecule has 0 heterocycles. The molecule has 0 saturated heterocycles. The molecule has 2 aromatic rings. The van der Waals surface area contributed by atoms with Gasteiger partial charge < -0.3 is 0 Å². The van der Waals surface area contributed by atoms with Crippen molar-refractivity contribution in [2.75, 3.05) is 0 Å². The van der Waals surface area contributed by atoms with Crippen molar-refractivity contribution in [3.63, 3.8) is 0 Å². The predicted octanol–water partition coefficient (Wildman–Crippen LogP) is 5.96. The van der Waals surface area contributed by atoms with E-state index in [1.165, 1.54) is 17.7 Å². The van der Waals surface area contributed by atoms with E-state index in [2.05, 4.69) is 6.92 Å². The number of hydrogen-bond donors (Lipinski definition) is 0. The zero-order chi connectivity index (χ0) is 16.8. The van der Waals surface area contributed by atoms with Crippen molar-refractivity contribution in [1.29, 1.82) is 0 Å². The van der Waals surface area contributed by atoms with Gasteiger partial charge in [0.1, 0.15) is 0 Å². The first kappa shape index (κ1) is 17.3. The van der Waals surface area contributed by atoms with Gasteiger partial charge in [0.2, 0.25) is 0 Å². The van der Waals surface area contributed by atoms with Crippen molar-refractivity contribution in [2.45, 2.75) is 46.0 Å². The molecular formula is C20H22F2O. The lowest BCUT2D eigenvalue weighted by Crippen LogP contribution is -2.05. The Bertz CT molecular complexity index is 675. The van der Waals surface area contributed by atoms with Crippen LogP contribution in [-0.2, 0) is 6.42 Å². The number of hydrogen-bond acceptors (Lipinski definition) is 1. The van der Waals surface area contributed by atoms with Crippen LogP contribution < -0.4 is 0 Å². The predicted molar refractivity (Wildman–Crippen MR) is 89.6 cm³/mol. The Morgan fingerprint density at radius 3 is 2.22 bits per heavy atom. The fourth-order valence-corrected chi connectivity index (χ4v) is 2.60. The van der Waals surface area contributed by atoms with Crippen LogP contribution in [0.25, 0.3) is 11.1 Å². The molecular weight excluding hydrogens is 294 g/mol. The second-order valence-corrected chi connectivity index (χ2v) is 5.76. The molecule has 0 atom stereocenters. The van der Waals surface area contributed by atoms with E-state index in [-0.39, 0.29) is 23.3 Å². The number of unbranched alkanes of at least 4 members (excludes halogenated alkanes) is 1. The maximum absolute atomic E-state index is 14.4. The van der Waals surface area contributed by atoms with Gasteiger partial charge >= 0.3 is 0 Å². The molecule has 0 saturated carbocycles. The minimum absolute atomic E-state index is 0.151. The summed E-state index contributed by atoms with van der Waals surface area (Å²) >= 11 is 0. The summed E-state index contributed by atoms with van der Waals surface area (Å²) < 4.78 is 28.6. The van der Waals surface area contributed by atoms with E-state index in [0.29, 0.717) is 12.0 Å². The average Bonchev–Trinajstić information content (AvgIpc) is 2.56. The summed E-state index contributed by atoms with van der Waals surface area (Å²) in [6.07, 6.45) is 3.77. The molecule has 2 aromatic carbocycles. The molecule has 0 spiro atoms. The highest BCUT2D eigenvalue weighted by Gasteiger charge is 2.18. The van der Waals surface area contributed by atoms with Crippen molar-refractivity contribution in [1.82, 2.24) is 0 Å². The quantitative estimate of drug-likeness (QED) is 0.576. The molecule has 0 aromatic heterocycles. The Morgan fingerprint density at radius 1 is 0.913 bits per heavy atom. The van der Waals surface area contributed by atoms with Gasteiger partial charge in [0.25, 0.3) is 0 Å². The van der Waals surface area contributed by atoms with Gasteiger partial charge in [-0.1, -0.05) is 57.0 Å². The van der Waals surface area contributed by atoms with Crippen molar-refractivity contribution >= 4 is 5.78 Å². The first-order chi connectivity index (χ1) is 11.1. The molecule has 122 valence electrons. The van der Waals surface area contributed by atoms with Gasteiger partial charge in [0, 0.05) is 12.0 Å². The van der Waals surface area contributed by atoms with Crippen LogP contribution in [0.1, 0.15) is 55.5 Å². The molecule has 0 amide bonds. The number of aryl methyl sites for hydroxylation is 1. The Balaban J connectivity index is 2.31. The Labute approximate surface area is 136 Å².